The number of hydrogen-bond donors (Lipinski definition) is 2. The van der Waals surface area contributed by atoms with Gasteiger partial charge in [0.25, 0.3) is 0 Å². The molecule has 2 atom stereocenters. The van der Waals surface area contributed by atoms with E-state index in [1.165, 1.54) is 0 Å². The second-order valence-electron chi connectivity index (χ2n) is 3.53. The van der Waals surface area contributed by atoms with Gasteiger partial charge in [-0.25, -0.2) is 0 Å². The third-order valence-corrected chi connectivity index (χ3v) is 3.70. The molecule has 1 aromatic rings. The highest BCUT2D eigenvalue weighted by atomic mass is 32.2. The molecule has 1 heterocycles. The van der Waals surface area contributed by atoms with E-state index in [1.54, 1.807) is 16.4 Å². The van der Waals surface area contributed by atoms with Crippen LogP contribution < -0.4 is 5.73 Å². The van der Waals surface area contributed by atoms with Crippen LogP contribution in [0.2, 0.25) is 0 Å². The van der Waals surface area contributed by atoms with Crippen LogP contribution in [0.3, 0.4) is 0 Å². The molecule has 0 aromatic carbocycles. The smallest absolute Gasteiger partial charge is 0.0533 e. The van der Waals surface area contributed by atoms with Crippen LogP contribution in [0.5, 0.6) is 0 Å². The zero-order chi connectivity index (χ0) is 11.3. The molecule has 0 aliphatic rings. The van der Waals surface area contributed by atoms with Crippen molar-refractivity contribution in [1.29, 1.82) is 0 Å². The zero-order valence-electron chi connectivity index (χ0n) is 9.26. The molecule has 3 N–H and O–H groups in total. The average Bonchev–Trinajstić information content (AvgIpc) is 2.65. The van der Waals surface area contributed by atoms with Gasteiger partial charge in [0.2, 0.25) is 0 Å². The molecule has 0 fully saturated rings. The van der Waals surface area contributed by atoms with E-state index >= 15 is 0 Å². The standard InChI is InChI=1S/C10H19N3OS/c1-3-9(11)10(15-5-4-14)8-6-12-13(2)7-8/h6-7,9-10,14H,3-5,11H2,1-2H3. The number of nitrogens with two attached hydrogens (primary N) is 1. The van der Waals surface area contributed by atoms with Crippen molar-refractivity contribution in [3.05, 3.63) is 18.0 Å². The highest BCUT2D eigenvalue weighted by Crippen LogP contribution is 2.31. The van der Waals surface area contributed by atoms with Gasteiger partial charge in [0.05, 0.1) is 12.8 Å². The van der Waals surface area contributed by atoms with Crippen LogP contribution in [0, 0.1) is 0 Å². The van der Waals surface area contributed by atoms with Crippen LogP contribution in [0.25, 0.3) is 0 Å². The molecule has 2 unspecified atom stereocenters. The molecular formula is C10H19N3OS. The lowest BCUT2D eigenvalue weighted by molar-refractivity contribution is 0.322. The van der Waals surface area contributed by atoms with Gasteiger partial charge in [-0.1, -0.05) is 6.92 Å². The molecule has 0 saturated carbocycles. The summed E-state index contributed by atoms with van der Waals surface area (Å²) in [5.41, 5.74) is 7.20. The first-order valence-corrected chi connectivity index (χ1v) is 6.20. The van der Waals surface area contributed by atoms with Crippen molar-refractivity contribution in [2.24, 2.45) is 12.8 Å². The summed E-state index contributed by atoms with van der Waals surface area (Å²) in [7, 11) is 1.90. The van der Waals surface area contributed by atoms with Gasteiger partial charge in [-0.3, -0.25) is 4.68 Å². The van der Waals surface area contributed by atoms with Gasteiger partial charge >= 0.3 is 0 Å². The maximum absolute atomic E-state index is 8.84. The molecule has 0 amide bonds. The van der Waals surface area contributed by atoms with Crippen molar-refractivity contribution < 1.29 is 5.11 Å². The summed E-state index contributed by atoms with van der Waals surface area (Å²) in [5, 5.41) is 13.2. The lowest BCUT2D eigenvalue weighted by Gasteiger charge is -2.20. The predicted octanol–water partition coefficient (Wildman–Crippen LogP) is 0.924. The lowest BCUT2D eigenvalue weighted by Crippen LogP contribution is -2.26. The molecule has 0 radical (unpaired) electrons. The quantitative estimate of drug-likeness (QED) is 0.761. The van der Waals surface area contributed by atoms with E-state index in [2.05, 4.69) is 12.0 Å². The predicted molar refractivity (Wildman–Crippen MR) is 63.8 cm³/mol. The SMILES string of the molecule is CCC(N)C(SCCO)c1cnn(C)c1. The number of nitrogens with zero attached hydrogens (tertiary/aromatic N) is 2. The first-order valence-electron chi connectivity index (χ1n) is 5.15. The maximum Gasteiger partial charge on any atom is 0.0533 e. The maximum atomic E-state index is 8.84. The Morgan fingerprint density at radius 2 is 2.40 bits per heavy atom. The lowest BCUT2D eigenvalue weighted by atomic mass is 10.1. The Morgan fingerprint density at radius 1 is 1.67 bits per heavy atom. The molecule has 0 spiro atoms. The monoisotopic (exact) mass is 229 g/mol. The van der Waals surface area contributed by atoms with Gasteiger partial charge in [-0.05, 0) is 6.42 Å². The second-order valence-corrected chi connectivity index (χ2v) is 4.78. The molecule has 1 rings (SSSR count). The minimum Gasteiger partial charge on any atom is -0.396 e. The summed E-state index contributed by atoms with van der Waals surface area (Å²) in [5.74, 6) is 0.716. The Kier molecular flexibility index (Phi) is 5.14. The highest BCUT2D eigenvalue weighted by Gasteiger charge is 2.19. The van der Waals surface area contributed by atoms with E-state index in [0.717, 1.165) is 12.0 Å². The number of rotatable bonds is 6. The molecule has 5 heteroatoms. The molecule has 0 aliphatic carbocycles. The Labute approximate surface area is 94.9 Å². The third kappa shape index (κ3) is 3.52. The second kappa shape index (κ2) is 6.15. The highest BCUT2D eigenvalue weighted by molar-refractivity contribution is 7.99. The van der Waals surface area contributed by atoms with Gasteiger partial charge in [-0.15, -0.1) is 11.8 Å². The van der Waals surface area contributed by atoms with Gasteiger partial charge in [0.1, 0.15) is 0 Å². The van der Waals surface area contributed by atoms with E-state index in [1.807, 2.05) is 19.4 Å². The molecular weight excluding hydrogens is 210 g/mol. The van der Waals surface area contributed by atoms with Crippen LogP contribution in [0.1, 0.15) is 24.2 Å². The van der Waals surface area contributed by atoms with Crippen molar-refractivity contribution >= 4 is 11.8 Å². The molecule has 0 aliphatic heterocycles. The fourth-order valence-electron chi connectivity index (χ4n) is 1.45. The number of hydrogen-bond acceptors (Lipinski definition) is 4. The van der Waals surface area contributed by atoms with Gasteiger partial charge in [0.15, 0.2) is 0 Å². The fourth-order valence-corrected chi connectivity index (χ4v) is 2.56. The van der Waals surface area contributed by atoms with Gasteiger partial charge in [-0.2, -0.15) is 5.10 Å². The van der Waals surface area contributed by atoms with Crippen LogP contribution in [-0.4, -0.2) is 33.3 Å². The summed E-state index contributed by atoms with van der Waals surface area (Å²) in [4.78, 5) is 0. The largest absolute Gasteiger partial charge is 0.396 e. The Balaban J connectivity index is 2.71. The first kappa shape index (κ1) is 12.5. The molecule has 0 bridgehead atoms. The minimum absolute atomic E-state index is 0.116. The number of aryl methyl sites for hydroxylation is 1. The number of aliphatic hydroxyl groups is 1. The van der Waals surface area contributed by atoms with E-state index < -0.39 is 0 Å². The summed E-state index contributed by atoms with van der Waals surface area (Å²) >= 11 is 1.69. The molecule has 4 nitrogen and oxygen atoms in total. The van der Waals surface area contributed by atoms with E-state index in [-0.39, 0.29) is 17.9 Å². The number of aromatic nitrogens is 2. The average molecular weight is 229 g/mol. The van der Waals surface area contributed by atoms with Crippen molar-refractivity contribution in [3.63, 3.8) is 0 Å². The van der Waals surface area contributed by atoms with E-state index in [4.69, 9.17) is 10.8 Å². The third-order valence-electron chi connectivity index (χ3n) is 2.30. The Hall–Kier alpha value is -0.520. The molecule has 15 heavy (non-hydrogen) atoms. The van der Waals surface area contributed by atoms with E-state index in [9.17, 15) is 0 Å². The van der Waals surface area contributed by atoms with Crippen molar-refractivity contribution in [2.75, 3.05) is 12.4 Å². The molecule has 0 saturated heterocycles. The van der Waals surface area contributed by atoms with Crippen LogP contribution in [0.15, 0.2) is 12.4 Å². The summed E-state index contributed by atoms with van der Waals surface area (Å²) in [6.45, 7) is 2.27. The summed E-state index contributed by atoms with van der Waals surface area (Å²) < 4.78 is 1.78. The van der Waals surface area contributed by atoms with E-state index in [0.29, 0.717) is 5.75 Å². The van der Waals surface area contributed by atoms with Crippen LogP contribution in [0.4, 0.5) is 0 Å². The molecule has 86 valence electrons. The normalized spacial score (nSPS) is 15.2. The number of thioether (sulfide) groups is 1. The van der Waals surface area contributed by atoms with Gasteiger partial charge < -0.3 is 10.8 Å². The van der Waals surface area contributed by atoms with Crippen molar-refractivity contribution in [2.45, 2.75) is 24.6 Å². The summed E-state index contributed by atoms with van der Waals surface area (Å²) in [6, 6.07) is 0.116. The van der Waals surface area contributed by atoms with Crippen LogP contribution >= 0.6 is 11.8 Å². The van der Waals surface area contributed by atoms with Crippen molar-refractivity contribution in [1.82, 2.24) is 9.78 Å². The number of aliphatic hydroxyl groups excluding tert-OH is 1. The fraction of sp³-hybridized carbons (Fsp3) is 0.700. The van der Waals surface area contributed by atoms with Gasteiger partial charge in [0, 0.05) is 35.9 Å². The van der Waals surface area contributed by atoms with Crippen molar-refractivity contribution in [3.8, 4) is 0 Å². The first-order chi connectivity index (χ1) is 7.19. The van der Waals surface area contributed by atoms with Crippen LogP contribution in [-0.2, 0) is 7.05 Å². The zero-order valence-corrected chi connectivity index (χ0v) is 10.1. The Bertz CT molecular complexity index is 290. The minimum atomic E-state index is 0.116. The summed E-state index contributed by atoms with van der Waals surface area (Å²) in [6.07, 6.45) is 4.77. The Morgan fingerprint density at radius 3 is 2.87 bits per heavy atom. The molecule has 1 aromatic heterocycles. The topological polar surface area (TPSA) is 64.1 Å².